The first kappa shape index (κ1) is 24.1. The molecule has 0 heterocycles. The number of nitrogens with one attached hydrogen (secondary N) is 3. The van der Waals surface area contributed by atoms with Crippen LogP contribution in [-0.4, -0.2) is 48.8 Å². The van der Waals surface area contributed by atoms with Crippen LogP contribution in [0.3, 0.4) is 0 Å². The highest BCUT2D eigenvalue weighted by Gasteiger charge is 2.14. The molecule has 0 aliphatic heterocycles. The van der Waals surface area contributed by atoms with Crippen LogP contribution in [-0.2, 0) is 16.0 Å². The van der Waals surface area contributed by atoms with E-state index in [1.54, 1.807) is 24.3 Å². The monoisotopic (exact) mass is 424 g/mol. The van der Waals surface area contributed by atoms with Crippen molar-refractivity contribution in [2.75, 3.05) is 36.8 Å². The normalized spacial score (nSPS) is 10.6. The van der Waals surface area contributed by atoms with Gasteiger partial charge in [0.15, 0.2) is 0 Å². The smallest absolute Gasteiger partial charge is 0.313 e. The quantitative estimate of drug-likeness (QED) is 0.403. The van der Waals surface area contributed by atoms with E-state index in [1.807, 2.05) is 31.2 Å². The summed E-state index contributed by atoms with van der Waals surface area (Å²) in [5.74, 6) is -1.63. The fourth-order valence-corrected chi connectivity index (χ4v) is 3.16. The summed E-state index contributed by atoms with van der Waals surface area (Å²) in [6, 6.07) is 14.1. The number of nitrogens with zero attached hydrogens (tertiary/aromatic N) is 1. The van der Waals surface area contributed by atoms with Crippen LogP contribution in [0.2, 0.25) is 0 Å². The van der Waals surface area contributed by atoms with Gasteiger partial charge in [0.05, 0.1) is 0 Å². The molecule has 3 N–H and O–H groups in total. The summed E-state index contributed by atoms with van der Waals surface area (Å²) in [5.41, 5.74) is 2.76. The van der Waals surface area contributed by atoms with Gasteiger partial charge < -0.3 is 20.9 Å². The molecule has 0 saturated carbocycles. The van der Waals surface area contributed by atoms with Gasteiger partial charge in [0.25, 0.3) is 5.91 Å². The van der Waals surface area contributed by atoms with Gasteiger partial charge in [0.1, 0.15) is 0 Å². The fourth-order valence-electron chi connectivity index (χ4n) is 3.16. The second-order valence-electron chi connectivity index (χ2n) is 7.13. The number of carbonyl (C=O) groups is 3. The summed E-state index contributed by atoms with van der Waals surface area (Å²) >= 11 is 0. The topological polar surface area (TPSA) is 90.5 Å². The highest BCUT2D eigenvalue weighted by atomic mass is 16.2. The zero-order chi connectivity index (χ0) is 22.6. The maximum absolute atomic E-state index is 12.5. The van der Waals surface area contributed by atoms with E-state index in [-0.39, 0.29) is 5.91 Å². The maximum Gasteiger partial charge on any atom is 0.313 e. The second-order valence-corrected chi connectivity index (χ2v) is 7.13. The first-order valence-electron chi connectivity index (χ1n) is 10.8. The number of carbonyl (C=O) groups excluding carboxylic acids is 3. The maximum atomic E-state index is 12.5. The Morgan fingerprint density at radius 2 is 1.52 bits per heavy atom. The Bertz CT molecular complexity index is 877. The molecule has 0 spiro atoms. The zero-order valence-electron chi connectivity index (χ0n) is 18.5. The lowest BCUT2D eigenvalue weighted by molar-refractivity contribution is -0.136. The SMILES string of the molecule is CCc1ccccc1NC(=O)c1ccc(NC(=O)C(=O)NCCCN(CC)CC)cc1. The van der Waals surface area contributed by atoms with E-state index >= 15 is 0 Å². The van der Waals surface area contributed by atoms with Crippen molar-refractivity contribution < 1.29 is 14.4 Å². The lowest BCUT2D eigenvalue weighted by atomic mass is 10.1. The minimum absolute atomic E-state index is 0.232. The van der Waals surface area contributed by atoms with E-state index in [0.29, 0.717) is 17.8 Å². The predicted octanol–water partition coefficient (Wildman–Crippen LogP) is 3.29. The summed E-state index contributed by atoms with van der Waals surface area (Å²) in [7, 11) is 0. The number of amides is 3. The molecular formula is C24H32N4O3. The Labute approximate surface area is 184 Å². The lowest BCUT2D eigenvalue weighted by Crippen LogP contribution is -2.37. The number of para-hydroxylation sites is 1. The molecule has 0 aliphatic rings. The van der Waals surface area contributed by atoms with E-state index in [9.17, 15) is 14.4 Å². The van der Waals surface area contributed by atoms with Crippen LogP contribution in [0.5, 0.6) is 0 Å². The minimum atomic E-state index is -0.725. The Hall–Kier alpha value is -3.19. The third-order valence-electron chi connectivity index (χ3n) is 5.09. The largest absolute Gasteiger partial charge is 0.348 e. The van der Waals surface area contributed by atoms with Crippen molar-refractivity contribution in [2.24, 2.45) is 0 Å². The molecule has 0 atom stereocenters. The number of rotatable bonds is 10. The number of benzene rings is 2. The van der Waals surface area contributed by atoms with E-state index in [0.717, 1.165) is 43.7 Å². The minimum Gasteiger partial charge on any atom is -0.348 e. The zero-order valence-corrected chi connectivity index (χ0v) is 18.5. The van der Waals surface area contributed by atoms with Crippen LogP contribution in [0.15, 0.2) is 48.5 Å². The Kier molecular flexibility index (Phi) is 9.71. The van der Waals surface area contributed by atoms with Gasteiger partial charge >= 0.3 is 11.8 Å². The summed E-state index contributed by atoms with van der Waals surface area (Å²) < 4.78 is 0. The van der Waals surface area contributed by atoms with Crippen LogP contribution in [0.4, 0.5) is 11.4 Å². The van der Waals surface area contributed by atoms with Gasteiger partial charge in [-0.25, -0.2) is 0 Å². The molecule has 0 radical (unpaired) electrons. The molecule has 166 valence electrons. The molecule has 2 aromatic carbocycles. The molecule has 31 heavy (non-hydrogen) atoms. The van der Waals surface area contributed by atoms with Crippen LogP contribution in [0.25, 0.3) is 0 Å². The highest BCUT2D eigenvalue weighted by Crippen LogP contribution is 2.17. The van der Waals surface area contributed by atoms with Crippen molar-refractivity contribution in [1.29, 1.82) is 0 Å². The fraction of sp³-hybridized carbons (Fsp3) is 0.375. The molecule has 0 aliphatic carbocycles. The van der Waals surface area contributed by atoms with Crippen molar-refractivity contribution >= 4 is 29.1 Å². The number of hydrogen-bond donors (Lipinski definition) is 3. The van der Waals surface area contributed by atoms with Gasteiger partial charge in [0, 0.05) is 23.5 Å². The number of anilines is 2. The van der Waals surface area contributed by atoms with Crippen molar-refractivity contribution in [2.45, 2.75) is 33.6 Å². The van der Waals surface area contributed by atoms with Crippen LogP contribution >= 0.6 is 0 Å². The lowest BCUT2D eigenvalue weighted by Gasteiger charge is -2.17. The van der Waals surface area contributed by atoms with Gasteiger partial charge in [-0.2, -0.15) is 0 Å². The van der Waals surface area contributed by atoms with Crippen molar-refractivity contribution in [3.8, 4) is 0 Å². The Morgan fingerprint density at radius 3 is 2.16 bits per heavy atom. The number of aryl methyl sites for hydroxylation is 1. The standard InChI is InChI=1S/C24H32N4O3/c1-4-18-10-7-8-11-21(18)27-22(29)19-12-14-20(15-13-19)26-24(31)23(30)25-16-9-17-28(5-2)6-3/h7-8,10-15H,4-6,9,16-17H2,1-3H3,(H,25,30)(H,26,31)(H,27,29). The van der Waals surface area contributed by atoms with E-state index < -0.39 is 11.8 Å². The molecule has 0 saturated heterocycles. The average Bonchev–Trinajstić information content (AvgIpc) is 2.79. The molecule has 0 fully saturated rings. The molecule has 2 rings (SSSR count). The molecule has 0 bridgehead atoms. The molecule has 0 aromatic heterocycles. The summed E-state index contributed by atoms with van der Waals surface area (Å²) in [4.78, 5) is 38.8. The Morgan fingerprint density at radius 1 is 0.839 bits per heavy atom. The van der Waals surface area contributed by atoms with Crippen LogP contribution in [0, 0.1) is 0 Å². The predicted molar refractivity (Wildman–Crippen MR) is 124 cm³/mol. The summed E-state index contributed by atoms with van der Waals surface area (Å²) in [6.45, 7) is 9.46. The van der Waals surface area contributed by atoms with Gasteiger partial charge in [-0.15, -0.1) is 0 Å². The second kappa shape index (κ2) is 12.5. The molecule has 7 heteroatoms. The van der Waals surface area contributed by atoms with Gasteiger partial charge in [-0.1, -0.05) is 39.0 Å². The van der Waals surface area contributed by atoms with E-state index in [2.05, 4.69) is 34.7 Å². The first-order chi connectivity index (χ1) is 15.0. The summed E-state index contributed by atoms with van der Waals surface area (Å²) in [6.07, 6.45) is 1.60. The third kappa shape index (κ3) is 7.53. The van der Waals surface area contributed by atoms with Crippen LogP contribution < -0.4 is 16.0 Å². The van der Waals surface area contributed by atoms with Crippen molar-refractivity contribution in [1.82, 2.24) is 10.2 Å². The molecule has 2 aromatic rings. The first-order valence-corrected chi connectivity index (χ1v) is 10.8. The van der Waals surface area contributed by atoms with Gasteiger partial charge in [0.2, 0.25) is 0 Å². The number of hydrogen-bond acceptors (Lipinski definition) is 4. The van der Waals surface area contributed by atoms with Crippen molar-refractivity contribution in [3.05, 3.63) is 59.7 Å². The van der Waals surface area contributed by atoms with Gasteiger partial charge in [-0.3, -0.25) is 14.4 Å². The average molecular weight is 425 g/mol. The molecular weight excluding hydrogens is 392 g/mol. The third-order valence-corrected chi connectivity index (χ3v) is 5.09. The molecule has 0 unspecified atom stereocenters. The van der Waals surface area contributed by atoms with Crippen molar-refractivity contribution in [3.63, 3.8) is 0 Å². The van der Waals surface area contributed by atoms with E-state index in [4.69, 9.17) is 0 Å². The Balaban J connectivity index is 1.83. The molecule has 3 amide bonds. The van der Waals surface area contributed by atoms with Gasteiger partial charge in [-0.05, 0) is 68.4 Å². The van der Waals surface area contributed by atoms with Crippen LogP contribution in [0.1, 0.15) is 43.1 Å². The summed E-state index contributed by atoms with van der Waals surface area (Å²) in [5, 5.41) is 8.09. The van der Waals surface area contributed by atoms with E-state index in [1.165, 1.54) is 0 Å². The molecule has 7 nitrogen and oxygen atoms in total. The highest BCUT2D eigenvalue weighted by molar-refractivity contribution is 6.39.